The first kappa shape index (κ1) is 11.7. The summed E-state index contributed by atoms with van der Waals surface area (Å²) in [6.07, 6.45) is 1.94. The molecule has 0 spiro atoms. The lowest BCUT2D eigenvalue weighted by molar-refractivity contribution is -0.143. The Morgan fingerprint density at radius 3 is 2.60 bits per heavy atom. The predicted molar refractivity (Wildman–Crippen MR) is 56.0 cm³/mol. The van der Waals surface area contributed by atoms with Crippen molar-refractivity contribution in [3.8, 4) is 0 Å². The van der Waals surface area contributed by atoms with Gasteiger partial charge in [0.05, 0.1) is 6.61 Å². The number of carbonyl (C=O) groups excluding carboxylic acids is 1. The van der Waals surface area contributed by atoms with Gasteiger partial charge in [-0.2, -0.15) is 0 Å². The van der Waals surface area contributed by atoms with Crippen LogP contribution in [0.3, 0.4) is 0 Å². The molecule has 0 saturated carbocycles. The molecule has 1 aromatic carbocycles. The molecule has 0 aromatic heterocycles. The minimum atomic E-state index is -0.232. The maximum absolute atomic E-state index is 12.6. The first-order valence-corrected chi connectivity index (χ1v) is 5.12. The van der Waals surface area contributed by atoms with Crippen molar-refractivity contribution in [3.63, 3.8) is 0 Å². The normalized spacial score (nSPS) is 10.0. The lowest BCUT2D eigenvalue weighted by atomic mass is 10.1. The monoisotopic (exact) mass is 210 g/mol. The first-order valence-electron chi connectivity index (χ1n) is 5.12. The topological polar surface area (TPSA) is 26.3 Å². The van der Waals surface area contributed by atoms with E-state index in [1.807, 2.05) is 0 Å². The van der Waals surface area contributed by atoms with Gasteiger partial charge in [0.15, 0.2) is 0 Å². The molecule has 1 aromatic rings. The number of ether oxygens (including phenoxy) is 1. The van der Waals surface area contributed by atoms with Gasteiger partial charge in [0.25, 0.3) is 0 Å². The van der Waals surface area contributed by atoms with E-state index in [0.717, 1.165) is 18.4 Å². The highest BCUT2D eigenvalue weighted by molar-refractivity contribution is 5.69. The number of benzene rings is 1. The Balaban J connectivity index is 2.26. The van der Waals surface area contributed by atoms with E-state index < -0.39 is 0 Å². The molecule has 0 aliphatic carbocycles. The zero-order valence-electron chi connectivity index (χ0n) is 8.83. The Morgan fingerprint density at radius 2 is 2.00 bits per heavy atom. The van der Waals surface area contributed by atoms with Crippen molar-refractivity contribution in [3.05, 3.63) is 35.6 Å². The fourth-order valence-corrected chi connectivity index (χ4v) is 1.32. The van der Waals surface area contributed by atoms with Gasteiger partial charge in [0.2, 0.25) is 0 Å². The number of aryl methyl sites for hydroxylation is 1. The van der Waals surface area contributed by atoms with E-state index >= 15 is 0 Å². The second-order valence-corrected chi connectivity index (χ2v) is 3.29. The molecule has 0 heterocycles. The van der Waals surface area contributed by atoms with E-state index in [2.05, 4.69) is 0 Å². The summed E-state index contributed by atoms with van der Waals surface area (Å²) in [4.78, 5) is 11.0. The Kier molecular flexibility index (Phi) is 4.81. The van der Waals surface area contributed by atoms with Crippen molar-refractivity contribution in [2.45, 2.75) is 26.2 Å². The van der Waals surface area contributed by atoms with Crippen LogP contribution in [0.5, 0.6) is 0 Å². The Morgan fingerprint density at radius 1 is 1.33 bits per heavy atom. The Labute approximate surface area is 89.1 Å². The SMILES string of the molecule is CCOC(=O)CCCc1ccc(F)cc1. The van der Waals surface area contributed by atoms with E-state index in [1.54, 1.807) is 19.1 Å². The molecule has 0 N–H and O–H groups in total. The van der Waals surface area contributed by atoms with E-state index in [1.165, 1.54) is 12.1 Å². The van der Waals surface area contributed by atoms with Gasteiger partial charge < -0.3 is 4.74 Å². The largest absolute Gasteiger partial charge is 0.466 e. The van der Waals surface area contributed by atoms with Gasteiger partial charge >= 0.3 is 5.97 Å². The van der Waals surface area contributed by atoms with Crippen LogP contribution in [-0.4, -0.2) is 12.6 Å². The molecule has 2 nitrogen and oxygen atoms in total. The van der Waals surface area contributed by atoms with Crippen LogP contribution in [0, 0.1) is 5.82 Å². The Hall–Kier alpha value is -1.38. The van der Waals surface area contributed by atoms with Gasteiger partial charge in [-0.1, -0.05) is 12.1 Å². The molecule has 0 radical (unpaired) electrons. The highest BCUT2D eigenvalue weighted by atomic mass is 19.1. The number of hydrogen-bond acceptors (Lipinski definition) is 2. The van der Waals surface area contributed by atoms with Crippen LogP contribution in [0.2, 0.25) is 0 Å². The predicted octanol–water partition coefficient (Wildman–Crippen LogP) is 2.71. The molecular formula is C12H15FO2. The molecule has 0 bridgehead atoms. The van der Waals surface area contributed by atoms with Crippen molar-refractivity contribution >= 4 is 5.97 Å². The summed E-state index contributed by atoms with van der Waals surface area (Å²) in [5, 5.41) is 0. The lowest BCUT2D eigenvalue weighted by Crippen LogP contribution is -2.03. The zero-order chi connectivity index (χ0) is 11.1. The molecule has 0 unspecified atom stereocenters. The maximum Gasteiger partial charge on any atom is 0.305 e. The quantitative estimate of drug-likeness (QED) is 0.698. The minimum absolute atomic E-state index is 0.167. The summed E-state index contributed by atoms with van der Waals surface area (Å²) in [6, 6.07) is 6.33. The van der Waals surface area contributed by atoms with Gasteiger partial charge in [-0.15, -0.1) is 0 Å². The highest BCUT2D eigenvalue weighted by Crippen LogP contribution is 2.07. The van der Waals surface area contributed by atoms with Gasteiger partial charge in [0.1, 0.15) is 5.82 Å². The molecular weight excluding hydrogens is 195 g/mol. The molecule has 0 aliphatic rings. The second-order valence-electron chi connectivity index (χ2n) is 3.29. The summed E-state index contributed by atoms with van der Waals surface area (Å²) >= 11 is 0. The summed E-state index contributed by atoms with van der Waals surface area (Å²) < 4.78 is 17.4. The fraction of sp³-hybridized carbons (Fsp3) is 0.417. The van der Waals surface area contributed by atoms with Crippen molar-refractivity contribution < 1.29 is 13.9 Å². The van der Waals surface area contributed by atoms with Gasteiger partial charge in [0, 0.05) is 6.42 Å². The van der Waals surface area contributed by atoms with Gasteiger partial charge in [-0.05, 0) is 37.5 Å². The number of carbonyl (C=O) groups is 1. The van der Waals surface area contributed by atoms with Crippen molar-refractivity contribution in [2.75, 3.05) is 6.61 Å². The van der Waals surface area contributed by atoms with Crippen LogP contribution >= 0.6 is 0 Å². The lowest BCUT2D eigenvalue weighted by Gasteiger charge is -2.02. The van der Waals surface area contributed by atoms with E-state index in [4.69, 9.17) is 4.74 Å². The van der Waals surface area contributed by atoms with Crippen molar-refractivity contribution in [1.29, 1.82) is 0 Å². The zero-order valence-corrected chi connectivity index (χ0v) is 8.83. The molecule has 0 aliphatic heterocycles. The Bertz CT molecular complexity index is 306. The molecule has 3 heteroatoms. The van der Waals surface area contributed by atoms with Crippen LogP contribution in [0.25, 0.3) is 0 Å². The van der Waals surface area contributed by atoms with Crippen LogP contribution in [-0.2, 0) is 16.0 Å². The van der Waals surface area contributed by atoms with Gasteiger partial charge in [-0.25, -0.2) is 4.39 Å². The first-order chi connectivity index (χ1) is 7.22. The maximum atomic E-state index is 12.6. The summed E-state index contributed by atoms with van der Waals surface area (Å²) in [5.74, 6) is -0.399. The van der Waals surface area contributed by atoms with Crippen molar-refractivity contribution in [1.82, 2.24) is 0 Å². The molecule has 0 fully saturated rings. The molecule has 0 saturated heterocycles. The van der Waals surface area contributed by atoms with Crippen LogP contribution in [0.1, 0.15) is 25.3 Å². The summed E-state index contributed by atoms with van der Waals surface area (Å²) in [6.45, 7) is 2.22. The molecule has 0 amide bonds. The smallest absolute Gasteiger partial charge is 0.305 e. The van der Waals surface area contributed by atoms with Crippen LogP contribution in [0.15, 0.2) is 24.3 Å². The van der Waals surface area contributed by atoms with Crippen LogP contribution in [0.4, 0.5) is 4.39 Å². The van der Waals surface area contributed by atoms with Gasteiger partial charge in [-0.3, -0.25) is 4.79 Å². The average molecular weight is 210 g/mol. The van der Waals surface area contributed by atoms with E-state index in [0.29, 0.717) is 13.0 Å². The number of esters is 1. The standard InChI is InChI=1S/C12H15FO2/c1-2-15-12(14)5-3-4-10-6-8-11(13)9-7-10/h6-9H,2-5H2,1H3. The average Bonchev–Trinajstić information content (AvgIpc) is 2.21. The molecule has 1 rings (SSSR count). The van der Waals surface area contributed by atoms with Crippen LogP contribution < -0.4 is 0 Å². The minimum Gasteiger partial charge on any atom is -0.466 e. The number of rotatable bonds is 5. The highest BCUT2D eigenvalue weighted by Gasteiger charge is 2.01. The fourth-order valence-electron chi connectivity index (χ4n) is 1.32. The van der Waals surface area contributed by atoms with Crippen molar-refractivity contribution in [2.24, 2.45) is 0 Å². The molecule has 82 valence electrons. The second kappa shape index (κ2) is 6.17. The third kappa shape index (κ3) is 4.58. The molecule has 15 heavy (non-hydrogen) atoms. The third-order valence-corrected chi connectivity index (χ3v) is 2.06. The number of hydrogen-bond donors (Lipinski definition) is 0. The summed E-state index contributed by atoms with van der Waals surface area (Å²) in [7, 11) is 0. The molecule has 0 atom stereocenters. The van der Waals surface area contributed by atoms with E-state index in [-0.39, 0.29) is 11.8 Å². The number of halogens is 1. The summed E-state index contributed by atoms with van der Waals surface area (Å²) in [5.41, 5.74) is 1.04. The van der Waals surface area contributed by atoms with E-state index in [9.17, 15) is 9.18 Å². The third-order valence-electron chi connectivity index (χ3n) is 2.06.